The Balaban J connectivity index is 1.46. The van der Waals surface area contributed by atoms with Gasteiger partial charge in [0, 0.05) is 16.3 Å². The fourth-order valence-corrected chi connectivity index (χ4v) is 3.96. The molecule has 0 unspecified atom stereocenters. The zero-order chi connectivity index (χ0) is 23.5. The summed E-state index contributed by atoms with van der Waals surface area (Å²) in [5, 5.41) is 3.78. The van der Waals surface area contributed by atoms with Gasteiger partial charge in [-0.1, -0.05) is 55.2 Å². The maximum Gasteiger partial charge on any atom is 0.262 e. The molecule has 5 nitrogen and oxygen atoms in total. The van der Waals surface area contributed by atoms with E-state index in [2.05, 4.69) is 24.1 Å². The summed E-state index contributed by atoms with van der Waals surface area (Å²) < 4.78 is 11.5. The van der Waals surface area contributed by atoms with Gasteiger partial charge in [-0.3, -0.25) is 4.79 Å². The van der Waals surface area contributed by atoms with Crippen LogP contribution in [0.4, 0.5) is 5.69 Å². The first kappa shape index (κ1) is 23.1. The van der Waals surface area contributed by atoms with E-state index in [1.165, 1.54) is 5.56 Å². The molecular formula is C26H24Cl2N2O3. The molecule has 1 N–H and O–H groups in total. The zero-order valence-electron chi connectivity index (χ0n) is 18.6. The normalized spacial score (nSPS) is 12.0. The molecule has 4 aromatic rings. The van der Waals surface area contributed by atoms with E-state index >= 15 is 0 Å². The third-order valence-corrected chi connectivity index (χ3v) is 6.10. The minimum atomic E-state index is -0.256. The second-order valence-electron chi connectivity index (χ2n) is 8.00. The van der Waals surface area contributed by atoms with Gasteiger partial charge in [0.15, 0.2) is 12.2 Å². The summed E-state index contributed by atoms with van der Waals surface area (Å²) in [5.41, 5.74) is 4.56. The van der Waals surface area contributed by atoms with E-state index in [9.17, 15) is 4.79 Å². The molecule has 7 heteroatoms. The Bertz CT molecular complexity index is 1300. The lowest BCUT2D eigenvalue weighted by atomic mass is 9.99. The molecule has 1 heterocycles. The number of aromatic nitrogens is 1. The van der Waals surface area contributed by atoms with Crippen LogP contribution in [0.25, 0.3) is 22.6 Å². The van der Waals surface area contributed by atoms with Crippen molar-refractivity contribution < 1.29 is 13.9 Å². The standard InChI is InChI=1S/C26H24Cl2N2O3/c1-4-15(2)17-7-9-20(10-8-17)32-14-24(31)29-22-11-18(6-5-16(22)3)26-30-23-13-19(27)12-21(28)25(23)33-26/h5-13,15H,4,14H2,1-3H3,(H,29,31)/t15-/m1/s1. The quantitative estimate of drug-likeness (QED) is 0.293. The van der Waals surface area contributed by atoms with Gasteiger partial charge in [0.25, 0.3) is 5.91 Å². The third-order valence-electron chi connectivity index (χ3n) is 5.60. The number of fused-ring (bicyclic) bond motifs is 1. The number of carbonyl (C=O) groups is 1. The largest absolute Gasteiger partial charge is 0.484 e. The van der Waals surface area contributed by atoms with Gasteiger partial charge in [-0.15, -0.1) is 0 Å². The van der Waals surface area contributed by atoms with Gasteiger partial charge in [0.1, 0.15) is 11.3 Å². The number of ether oxygens (including phenoxy) is 1. The van der Waals surface area contributed by atoms with E-state index in [1.807, 2.05) is 49.4 Å². The van der Waals surface area contributed by atoms with Crippen molar-refractivity contribution in [3.8, 4) is 17.2 Å². The topological polar surface area (TPSA) is 64.4 Å². The van der Waals surface area contributed by atoms with Crippen LogP contribution in [0.3, 0.4) is 0 Å². The maximum atomic E-state index is 12.5. The highest BCUT2D eigenvalue weighted by molar-refractivity contribution is 6.38. The molecule has 1 amide bonds. The Kier molecular flexibility index (Phi) is 6.91. The molecule has 0 bridgehead atoms. The number of anilines is 1. The van der Waals surface area contributed by atoms with Crippen LogP contribution >= 0.6 is 23.2 Å². The van der Waals surface area contributed by atoms with Crippen molar-refractivity contribution in [3.63, 3.8) is 0 Å². The fraction of sp³-hybridized carbons (Fsp3) is 0.231. The minimum absolute atomic E-state index is 0.0939. The zero-order valence-corrected chi connectivity index (χ0v) is 20.1. The Hall–Kier alpha value is -3.02. The molecule has 33 heavy (non-hydrogen) atoms. The van der Waals surface area contributed by atoms with E-state index in [0.717, 1.165) is 12.0 Å². The molecule has 0 spiro atoms. The summed E-state index contributed by atoms with van der Waals surface area (Å²) in [6, 6.07) is 16.7. The van der Waals surface area contributed by atoms with Crippen LogP contribution in [-0.2, 0) is 4.79 Å². The number of halogens is 2. The summed E-state index contributed by atoms with van der Waals surface area (Å²) in [6.07, 6.45) is 1.07. The highest BCUT2D eigenvalue weighted by atomic mass is 35.5. The lowest BCUT2D eigenvalue weighted by Crippen LogP contribution is -2.20. The van der Waals surface area contributed by atoms with E-state index < -0.39 is 0 Å². The molecule has 3 aromatic carbocycles. The van der Waals surface area contributed by atoms with Crippen molar-refractivity contribution in [2.24, 2.45) is 0 Å². The van der Waals surface area contributed by atoms with Crippen LogP contribution < -0.4 is 10.1 Å². The Labute approximate surface area is 202 Å². The maximum absolute atomic E-state index is 12.5. The molecule has 1 atom stereocenters. The first-order valence-electron chi connectivity index (χ1n) is 10.7. The van der Waals surface area contributed by atoms with Gasteiger partial charge in [-0.25, -0.2) is 4.98 Å². The van der Waals surface area contributed by atoms with Gasteiger partial charge in [-0.2, -0.15) is 0 Å². The number of hydrogen-bond acceptors (Lipinski definition) is 4. The van der Waals surface area contributed by atoms with Crippen molar-refractivity contribution in [3.05, 3.63) is 75.8 Å². The van der Waals surface area contributed by atoms with Crippen LogP contribution in [0, 0.1) is 6.92 Å². The third kappa shape index (κ3) is 5.32. The van der Waals surface area contributed by atoms with Crippen LogP contribution in [0.2, 0.25) is 10.0 Å². The minimum Gasteiger partial charge on any atom is -0.484 e. The number of benzene rings is 3. The molecule has 0 aliphatic heterocycles. The van der Waals surface area contributed by atoms with Crippen molar-refractivity contribution >= 4 is 45.9 Å². The molecule has 0 fully saturated rings. The average Bonchev–Trinajstić information content (AvgIpc) is 3.23. The Morgan fingerprint density at radius 3 is 2.61 bits per heavy atom. The lowest BCUT2D eigenvalue weighted by molar-refractivity contribution is -0.118. The van der Waals surface area contributed by atoms with E-state index in [0.29, 0.717) is 50.0 Å². The van der Waals surface area contributed by atoms with Gasteiger partial charge in [0.2, 0.25) is 5.89 Å². The molecule has 0 saturated heterocycles. The summed E-state index contributed by atoms with van der Waals surface area (Å²) in [6.45, 7) is 6.16. The van der Waals surface area contributed by atoms with Crippen LogP contribution in [0.1, 0.15) is 37.3 Å². The molecule has 4 rings (SSSR count). The number of nitrogens with zero attached hydrogens (tertiary/aromatic N) is 1. The van der Waals surface area contributed by atoms with E-state index in [4.69, 9.17) is 32.4 Å². The summed E-state index contributed by atoms with van der Waals surface area (Å²) >= 11 is 12.3. The van der Waals surface area contributed by atoms with Crippen molar-refractivity contribution in [2.45, 2.75) is 33.1 Å². The van der Waals surface area contributed by atoms with Gasteiger partial charge in [0.05, 0.1) is 5.02 Å². The molecule has 0 aliphatic rings. The van der Waals surface area contributed by atoms with Gasteiger partial charge in [-0.05, 0) is 66.8 Å². The molecule has 0 saturated carbocycles. The summed E-state index contributed by atoms with van der Waals surface area (Å²) in [5.74, 6) is 1.28. The molecule has 1 aromatic heterocycles. The monoisotopic (exact) mass is 482 g/mol. The SMILES string of the molecule is CC[C@@H](C)c1ccc(OCC(=O)Nc2cc(-c3nc4cc(Cl)cc(Cl)c4o3)ccc2C)cc1. The van der Waals surface area contributed by atoms with Gasteiger partial charge < -0.3 is 14.5 Å². The van der Waals surface area contributed by atoms with Crippen LogP contribution in [0.15, 0.2) is 59.0 Å². The Morgan fingerprint density at radius 2 is 1.88 bits per heavy atom. The lowest BCUT2D eigenvalue weighted by Gasteiger charge is -2.12. The summed E-state index contributed by atoms with van der Waals surface area (Å²) in [4.78, 5) is 17.0. The molecule has 0 radical (unpaired) electrons. The number of hydrogen-bond donors (Lipinski definition) is 1. The highest BCUT2D eigenvalue weighted by Crippen LogP contribution is 2.33. The first-order chi connectivity index (χ1) is 15.8. The van der Waals surface area contributed by atoms with Crippen molar-refractivity contribution in [2.75, 3.05) is 11.9 Å². The highest BCUT2D eigenvalue weighted by Gasteiger charge is 2.14. The predicted molar refractivity (Wildman–Crippen MR) is 133 cm³/mol. The number of amides is 1. The van der Waals surface area contributed by atoms with Crippen molar-refractivity contribution in [1.82, 2.24) is 4.98 Å². The number of carbonyl (C=O) groups excluding carboxylic acids is 1. The number of nitrogens with one attached hydrogen (secondary N) is 1. The van der Waals surface area contributed by atoms with Crippen LogP contribution in [0.5, 0.6) is 5.75 Å². The fourth-order valence-electron chi connectivity index (χ4n) is 3.44. The molecule has 170 valence electrons. The number of oxazole rings is 1. The molecular weight excluding hydrogens is 459 g/mol. The van der Waals surface area contributed by atoms with Gasteiger partial charge >= 0.3 is 0 Å². The predicted octanol–water partition coefficient (Wildman–Crippen LogP) is 7.64. The Morgan fingerprint density at radius 1 is 1.12 bits per heavy atom. The second kappa shape index (κ2) is 9.86. The number of aryl methyl sites for hydroxylation is 1. The molecule has 0 aliphatic carbocycles. The average molecular weight is 483 g/mol. The van der Waals surface area contributed by atoms with Crippen molar-refractivity contribution in [1.29, 1.82) is 0 Å². The van der Waals surface area contributed by atoms with E-state index in [1.54, 1.807) is 12.1 Å². The smallest absolute Gasteiger partial charge is 0.262 e. The second-order valence-corrected chi connectivity index (χ2v) is 8.84. The first-order valence-corrected chi connectivity index (χ1v) is 11.5. The summed E-state index contributed by atoms with van der Waals surface area (Å²) in [7, 11) is 0. The van der Waals surface area contributed by atoms with Crippen LogP contribution in [-0.4, -0.2) is 17.5 Å². The van der Waals surface area contributed by atoms with E-state index in [-0.39, 0.29) is 12.5 Å². The number of rotatable bonds is 7.